The van der Waals surface area contributed by atoms with Crippen LogP contribution >= 0.6 is 11.6 Å². The third-order valence-corrected chi connectivity index (χ3v) is 4.41. The summed E-state index contributed by atoms with van der Waals surface area (Å²) in [4.78, 5) is 17.3. The van der Waals surface area contributed by atoms with Crippen molar-refractivity contribution in [3.63, 3.8) is 0 Å². The predicted molar refractivity (Wildman–Crippen MR) is 95.1 cm³/mol. The van der Waals surface area contributed by atoms with Gasteiger partial charge in [0, 0.05) is 11.1 Å². The van der Waals surface area contributed by atoms with Gasteiger partial charge in [0.05, 0.1) is 12.2 Å². The van der Waals surface area contributed by atoms with Crippen LogP contribution < -0.4 is 0 Å². The molecule has 132 valence electrons. The molecule has 0 amide bonds. The number of hydrogen-bond acceptors (Lipinski definition) is 6. The summed E-state index contributed by atoms with van der Waals surface area (Å²) in [5, 5.41) is 19.2. The number of phenolic OH excluding ortho intramolecular Hbond substituents is 1. The van der Waals surface area contributed by atoms with Gasteiger partial charge in [0.25, 0.3) is 0 Å². The molecule has 0 aromatic heterocycles. The third kappa shape index (κ3) is 2.87. The Bertz CT molecular complexity index is 921. The van der Waals surface area contributed by atoms with E-state index < -0.39 is 11.5 Å². The number of nitrogens with zero attached hydrogens (tertiary/aromatic N) is 2. The van der Waals surface area contributed by atoms with Gasteiger partial charge in [-0.25, -0.2) is 9.79 Å². The monoisotopic (exact) mass is 370 g/mol. The van der Waals surface area contributed by atoms with Gasteiger partial charge in [-0.3, -0.25) is 0 Å². The van der Waals surface area contributed by atoms with E-state index >= 15 is 0 Å². The predicted octanol–water partition coefficient (Wildman–Crippen LogP) is 3.15. The number of aliphatic imine (C=N–C) groups is 1. The van der Waals surface area contributed by atoms with Crippen LogP contribution in [0.5, 0.6) is 5.75 Å². The average molecular weight is 371 g/mol. The third-order valence-electron chi connectivity index (χ3n) is 4.02. The number of hydrogen-bond donors (Lipinski definition) is 1. The molecule has 0 spiro atoms. The van der Waals surface area contributed by atoms with Crippen molar-refractivity contribution in [2.75, 3.05) is 13.2 Å². The highest BCUT2D eigenvalue weighted by molar-refractivity contribution is 6.33. The Balaban J connectivity index is 2.20. The van der Waals surface area contributed by atoms with Crippen molar-refractivity contribution in [1.82, 2.24) is 0 Å². The molecule has 1 aliphatic rings. The summed E-state index contributed by atoms with van der Waals surface area (Å²) in [7, 11) is 0. The lowest BCUT2D eigenvalue weighted by atomic mass is 9.88. The van der Waals surface area contributed by atoms with Crippen LogP contribution in [0.1, 0.15) is 23.6 Å². The fourth-order valence-electron chi connectivity index (χ4n) is 2.76. The molecular weight excluding hydrogens is 356 g/mol. The van der Waals surface area contributed by atoms with E-state index in [1.165, 1.54) is 12.1 Å². The SMILES string of the molecule is CCOC(=O)C1(c2ccc(O)c(Cl)c2C#N)COC(c2ccccc2)=N1. The van der Waals surface area contributed by atoms with Crippen LogP contribution in [0.3, 0.4) is 0 Å². The van der Waals surface area contributed by atoms with Crippen molar-refractivity contribution in [1.29, 1.82) is 5.26 Å². The van der Waals surface area contributed by atoms with Crippen molar-refractivity contribution in [3.05, 3.63) is 64.2 Å². The van der Waals surface area contributed by atoms with E-state index in [4.69, 9.17) is 21.1 Å². The molecule has 0 saturated heterocycles. The number of aromatic hydroxyl groups is 1. The Hall–Kier alpha value is -3.04. The highest BCUT2D eigenvalue weighted by Gasteiger charge is 2.49. The quantitative estimate of drug-likeness (QED) is 0.834. The molecule has 0 aliphatic carbocycles. The molecule has 0 radical (unpaired) electrons. The zero-order valence-electron chi connectivity index (χ0n) is 13.9. The minimum atomic E-state index is -1.57. The summed E-state index contributed by atoms with van der Waals surface area (Å²) in [6.45, 7) is 1.69. The van der Waals surface area contributed by atoms with Gasteiger partial charge in [-0.15, -0.1) is 0 Å². The van der Waals surface area contributed by atoms with Gasteiger partial charge < -0.3 is 14.6 Å². The van der Waals surface area contributed by atoms with Crippen LogP contribution in [0.15, 0.2) is 47.5 Å². The molecule has 1 N–H and O–H groups in total. The Labute approximate surface area is 155 Å². The van der Waals surface area contributed by atoms with Crippen LogP contribution in [-0.4, -0.2) is 30.2 Å². The molecule has 0 bridgehead atoms. The number of ether oxygens (including phenoxy) is 2. The molecule has 1 unspecified atom stereocenters. The number of halogens is 1. The first-order valence-electron chi connectivity index (χ1n) is 7.91. The minimum absolute atomic E-state index is 0.0404. The maximum Gasteiger partial charge on any atom is 0.342 e. The van der Waals surface area contributed by atoms with Crippen molar-refractivity contribution in [3.8, 4) is 11.8 Å². The van der Waals surface area contributed by atoms with Gasteiger partial charge in [0.15, 0.2) is 0 Å². The van der Waals surface area contributed by atoms with E-state index in [0.29, 0.717) is 5.56 Å². The summed E-state index contributed by atoms with van der Waals surface area (Å²) >= 11 is 6.06. The molecule has 26 heavy (non-hydrogen) atoms. The molecule has 3 rings (SSSR count). The molecule has 7 heteroatoms. The Morgan fingerprint density at radius 1 is 1.38 bits per heavy atom. The largest absolute Gasteiger partial charge is 0.506 e. The molecular formula is C19H15ClN2O4. The second-order valence-corrected chi connectivity index (χ2v) is 5.96. The maximum absolute atomic E-state index is 12.8. The second-order valence-electron chi connectivity index (χ2n) is 5.59. The summed E-state index contributed by atoms with van der Waals surface area (Å²) in [5.41, 5.74) is -0.681. The standard InChI is InChI=1S/C19H15ClN2O4/c1-2-25-18(24)19(14-8-9-15(23)16(20)13(14)10-21)11-26-17(22-19)12-6-4-3-5-7-12/h3-9,23H,2,11H2,1H3. The van der Waals surface area contributed by atoms with Crippen LogP contribution in [0, 0.1) is 11.3 Å². The van der Waals surface area contributed by atoms with E-state index in [1.54, 1.807) is 19.1 Å². The van der Waals surface area contributed by atoms with E-state index in [0.717, 1.165) is 0 Å². The van der Waals surface area contributed by atoms with Crippen LogP contribution in [0.2, 0.25) is 5.02 Å². The van der Waals surface area contributed by atoms with Crippen molar-refractivity contribution < 1.29 is 19.4 Å². The molecule has 1 heterocycles. The van der Waals surface area contributed by atoms with Crippen LogP contribution in [0.4, 0.5) is 0 Å². The lowest BCUT2D eigenvalue weighted by molar-refractivity contribution is -0.150. The number of esters is 1. The van der Waals surface area contributed by atoms with Crippen molar-refractivity contribution >= 4 is 23.5 Å². The van der Waals surface area contributed by atoms with Gasteiger partial charge in [-0.05, 0) is 25.1 Å². The molecule has 0 saturated carbocycles. The fourth-order valence-corrected chi connectivity index (χ4v) is 2.97. The number of rotatable bonds is 4. The topological polar surface area (TPSA) is 91.9 Å². The van der Waals surface area contributed by atoms with E-state index in [9.17, 15) is 15.2 Å². The van der Waals surface area contributed by atoms with Gasteiger partial charge in [0.2, 0.25) is 11.4 Å². The molecule has 6 nitrogen and oxygen atoms in total. The van der Waals surface area contributed by atoms with Gasteiger partial charge in [-0.2, -0.15) is 5.26 Å². The van der Waals surface area contributed by atoms with Crippen LogP contribution in [-0.2, 0) is 19.8 Å². The highest BCUT2D eigenvalue weighted by atomic mass is 35.5. The highest BCUT2D eigenvalue weighted by Crippen LogP contribution is 2.40. The first-order chi connectivity index (χ1) is 12.5. The number of carbonyl (C=O) groups excluding carboxylic acids is 1. The van der Waals surface area contributed by atoms with Gasteiger partial charge in [-0.1, -0.05) is 35.9 Å². The van der Waals surface area contributed by atoms with E-state index in [1.807, 2.05) is 24.3 Å². The lowest BCUT2D eigenvalue weighted by Gasteiger charge is -2.23. The van der Waals surface area contributed by atoms with Gasteiger partial charge >= 0.3 is 5.97 Å². The van der Waals surface area contributed by atoms with Crippen LogP contribution in [0.25, 0.3) is 0 Å². The first-order valence-corrected chi connectivity index (χ1v) is 8.28. The van der Waals surface area contributed by atoms with Crippen molar-refractivity contribution in [2.45, 2.75) is 12.5 Å². The van der Waals surface area contributed by atoms with E-state index in [-0.39, 0.29) is 41.0 Å². The molecule has 0 fully saturated rings. The summed E-state index contributed by atoms with van der Waals surface area (Å²) in [5.74, 6) is -0.631. The Kier molecular flexibility index (Phi) is 4.83. The second kappa shape index (κ2) is 7.06. The van der Waals surface area contributed by atoms with E-state index in [2.05, 4.69) is 4.99 Å². The Morgan fingerprint density at radius 2 is 2.12 bits per heavy atom. The smallest absolute Gasteiger partial charge is 0.342 e. The number of benzene rings is 2. The Morgan fingerprint density at radius 3 is 2.77 bits per heavy atom. The first kappa shape index (κ1) is 17.8. The normalized spacial score (nSPS) is 18.6. The maximum atomic E-state index is 12.8. The van der Waals surface area contributed by atoms with Gasteiger partial charge in [0.1, 0.15) is 23.4 Å². The molecule has 2 aromatic rings. The number of carbonyl (C=O) groups is 1. The summed E-state index contributed by atoms with van der Waals surface area (Å²) in [6, 6.07) is 13.8. The lowest BCUT2D eigenvalue weighted by Crippen LogP contribution is -2.38. The van der Waals surface area contributed by atoms with Crippen molar-refractivity contribution in [2.24, 2.45) is 4.99 Å². The molecule has 2 aromatic carbocycles. The summed E-state index contributed by atoms with van der Waals surface area (Å²) < 4.78 is 10.9. The zero-order valence-corrected chi connectivity index (χ0v) is 14.7. The zero-order chi connectivity index (χ0) is 18.7. The fraction of sp³-hybridized carbons (Fsp3) is 0.211. The summed E-state index contributed by atoms with van der Waals surface area (Å²) in [6.07, 6.45) is 0. The number of phenols is 1. The molecule has 1 aliphatic heterocycles. The molecule has 1 atom stereocenters. The number of nitriles is 1. The average Bonchev–Trinajstić information content (AvgIpc) is 3.11. The minimum Gasteiger partial charge on any atom is -0.506 e.